The molecule has 12 heavy (non-hydrogen) atoms. The number of hydrogen-bond donors (Lipinski definition) is 1. The fourth-order valence-corrected chi connectivity index (χ4v) is 2.17. The molecule has 0 saturated heterocycles. The maximum Gasteiger partial charge on any atom is 0.396 e. The first kappa shape index (κ1) is 7.82. The first-order valence-corrected chi connectivity index (χ1v) is 4.70. The van der Waals surface area contributed by atoms with Crippen LogP contribution in [0.3, 0.4) is 0 Å². The minimum absolute atomic E-state index is 0.111. The van der Waals surface area contributed by atoms with E-state index in [-0.39, 0.29) is 10.7 Å². The summed E-state index contributed by atoms with van der Waals surface area (Å²) in [6, 6.07) is 3.04. The maximum absolute atomic E-state index is 10.8. The van der Waals surface area contributed by atoms with Crippen molar-refractivity contribution < 1.29 is 9.52 Å². The van der Waals surface area contributed by atoms with Crippen molar-refractivity contribution in [1.82, 2.24) is 0 Å². The second kappa shape index (κ2) is 2.60. The van der Waals surface area contributed by atoms with Crippen molar-refractivity contribution in [3.63, 3.8) is 0 Å². The van der Waals surface area contributed by atoms with Crippen molar-refractivity contribution in [1.29, 1.82) is 0 Å². The molecule has 2 aromatic rings. The van der Waals surface area contributed by atoms with E-state index in [0.717, 1.165) is 11.3 Å². The van der Waals surface area contributed by atoms with Crippen molar-refractivity contribution in [2.75, 3.05) is 0 Å². The standard InChI is InChI=1S/C7H3BrO3S/c8-5-3(9)1-2-4-6(5)12-7(10)11-4/h1-2,9H. The molecular weight excluding hydrogens is 244 g/mol. The molecule has 1 aromatic carbocycles. The molecule has 0 spiro atoms. The molecule has 3 nitrogen and oxygen atoms in total. The van der Waals surface area contributed by atoms with E-state index >= 15 is 0 Å². The highest BCUT2D eigenvalue weighted by atomic mass is 79.9. The molecule has 0 aliphatic carbocycles. The Morgan fingerprint density at radius 2 is 2.25 bits per heavy atom. The van der Waals surface area contributed by atoms with Gasteiger partial charge >= 0.3 is 4.94 Å². The molecule has 0 amide bonds. The summed E-state index contributed by atoms with van der Waals surface area (Å²) in [5.41, 5.74) is 0.495. The minimum Gasteiger partial charge on any atom is -0.507 e. The number of phenols is 1. The monoisotopic (exact) mass is 246 g/mol. The van der Waals surface area contributed by atoms with Gasteiger partial charge in [-0.05, 0) is 28.1 Å². The fraction of sp³-hybridized carbons (Fsp3) is 0. The lowest BCUT2D eigenvalue weighted by atomic mass is 10.3. The van der Waals surface area contributed by atoms with Gasteiger partial charge in [0, 0.05) is 0 Å². The van der Waals surface area contributed by atoms with Crippen LogP contribution in [0.1, 0.15) is 0 Å². The summed E-state index contributed by atoms with van der Waals surface area (Å²) < 4.78 is 5.97. The van der Waals surface area contributed by atoms with Gasteiger partial charge in [-0.2, -0.15) is 0 Å². The molecule has 0 unspecified atom stereocenters. The third-order valence-electron chi connectivity index (χ3n) is 1.42. The van der Waals surface area contributed by atoms with Gasteiger partial charge < -0.3 is 9.52 Å². The Morgan fingerprint density at radius 1 is 1.50 bits per heavy atom. The topological polar surface area (TPSA) is 50.4 Å². The molecule has 1 heterocycles. The lowest BCUT2D eigenvalue weighted by Gasteiger charge is -1.94. The zero-order valence-corrected chi connectivity index (χ0v) is 8.11. The molecule has 0 bridgehead atoms. The zero-order chi connectivity index (χ0) is 8.72. The lowest BCUT2D eigenvalue weighted by molar-refractivity contribution is 0.472. The average Bonchev–Trinajstić information content (AvgIpc) is 2.39. The van der Waals surface area contributed by atoms with E-state index in [4.69, 9.17) is 4.42 Å². The highest BCUT2D eigenvalue weighted by Crippen LogP contribution is 2.33. The fourth-order valence-electron chi connectivity index (χ4n) is 0.897. The third kappa shape index (κ3) is 1.05. The smallest absolute Gasteiger partial charge is 0.396 e. The van der Waals surface area contributed by atoms with Gasteiger partial charge in [0.05, 0.1) is 9.17 Å². The van der Waals surface area contributed by atoms with Crippen LogP contribution in [0.2, 0.25) is 0 Å². The Morgan fingerprint density at radius 3 is 3.00 bits per heavy atom. The van der Waals surface area contributed by atoms with E-state index in [1.54, 1.807) is 6.07 Å². The van der Waals surface area contributed by atoms with Crippen LogP contribution in [-0.2, 0) is 0 Å². The van der Waals surface area contributed by atoms with Crippen molar-refractivity contribution in [2.45, 2.75) is 0 Å². The number of benzene rings is 1. The Kier molecular flexibility index (Phi) is 1.69. The number of aromatic hydroxyl groups is 1. The summed E-state index contributed by atoms with van der Waals surface area (Å²) in [7, 11) is 0. The highest BCUT2D eigenvalue weighted by Gasteiger charge is 2.08. The second-order valence-electron chi connectivity index (χ2n) is 2.18. The van der Waals surface area contributed by atoms with Crippen LogP contribution in [-0.4, -0.2) is 5.11 Å². The molecule has 0 radical (unpaired) electrons. The molecule has 2 rings (SSSR count). The van der Waals surface area contributed by atoms with Gasteiger partial charge in [-0.15, -0.1) is 0 Å². The number of phenolic OH excluding ortho intramolecular Hbond substituents is 1. The van der Waals surface area contributed by atoms with Gasteiger partial charge in [-0.1, -0.05) is 11.3 Å². The zero-order valence-electron chi connectivity index (χ0n) is 5.70. The molecule has 0 saturated carbocycles. The number of rotatable bonds is 0. The van der Waals surface area contributed by atoms with Crippen LogP contribution >= 0.6 is 27.3 Å². The molecule has 5 heteroatoms. The first-order valence-electron chi connectivity index (χ1n) is 3.09. The normalized spacial score (nSPS) is 10.8. The predicted molar refractivity (Wildman–Crippen MR) is 49.7 cm³/mol. The van der Waals surface area contributed by atoms with Gasteiger partial charge in [0.1, 0.15) is 5.75 Å². The Bertz CT molecular complexity index is 485. The molecule has 0 fully saturated rings. The molecule has 1 aromatic heterocycles. The van der Waals surface area contributed by atoms with Gasteiger partial charge in [0.15, 0.2) is 5.58 Å². The average molecular weight is 247 g/mol. The van der Waals surface area contributed by atoms with Crippen molar-refractivity contribution in [2.24, 2.45) is 0 Å². The highest BCUT2D eigenvalue weighted by molar-refractivity contribution is 9.10. The van der Waals surface area contributed by atoms with Crippen LogP contribution in [0.25, 0.3) is 10.3 Å². The molecule has 0 atom stereocenters. The van der Waals surface area contributed by atoms with Crippen LogP contribution in [0.5, 0.6) is 5.75 Å². The van der Waals surface area contributed by atoms with Crippen molar-refractivity contribution in [3.05, 3.63) is 26.3 Å². The van der Waals surface area contributed by atoms with Crippen LogP contribution in [0.15, 0.2) is 25.8 Å². The van der Waals surface area contributed by atoms with Gasteiger partial charge in [0.25, 0.3) is 0 Å². The van der Waals surface area contributed by atoms with Crippen LogP contribution < -0.4 is 4.94 Å². The summed E-state index contributed by atoms with van der Waals surface area (Å²) in [6.45, 7) is 0. The largest absolute Gasteiger partial charge is 0.507 e. The molecule has 0 aliphatic heterocycles. The second-order valence-corrected chi connectivity index (χ2v) is 3.92. The van der Waals surface area contributed by atoms with E-state index < -0.39 is 0 Å². The summed E-state index contributed by atoms with van der Waals surface area (Å²) in [4.78, 5) is 10.4. The summed E-state index contributed by atoms with van der Waals surface area (Å²) in [5, 5.41) is 9.24. The number of hydrogen-bond acceptors (Lipinski definition) is 4. The Balaban J connectivity index is 2.99. The molecule has 0 aliphatic rings. The maximum atomic E-state index is 10.8. The number of halogens is 1. The summed E-state index contributed by atoms with van der Waals surface area (Å²) in [6.07, 6.45) is 0. The summed E-state index contributed by atoms with van der Waals surface area (Å²) >= 11 is 4.12. The Labute approximate surface area is 79.4 Å². The van der Waals surface area contributed by atoms with Gasteiger partial charge in [-0.3, -0.25) is 0 Å². The van der Waals surface area contributed by atoms with Crippen LogP contribution in [0.4, 0.5) is 0 Å². The SMILES string of the molecule is O=c1oc2ccc(O)c(Br)c2s1. The van der Waals surface area contributed by atoms with E-state index in [1.807, 2.05) is 0 Å². The molecule has 62 valence electrons. The van der Waals surface area contributed by atoms with E-state index in [1.165, 1.54) is 6.07 Å². The minimum atomic E-state index is -0.365. The quantitative estimate of drug-likeness (QED) is 0.777. The van der Waals surface area contributed by atoms with E-state index in [2.05, 4.69) is 15.9 Å². The molecule has 1 N–H and O–H groups in total. The van der Waals surface area contributed by atoms with Gasteiger partial charge in [0.2, 0.25) is 0 Å². The first-order chi connectivity index (χ1) is 5.68. The van der Waals surface area contributed by atoms with Gasteiger partial charge in [-0.25, -0.2) is 4.79 Å². The van der Waals surface area contributed by atoms with Crippen molar-refractivity contribution >= 4 is 37.5 Å². The Hall–Kier alpha value is -0.810. The number of fused-ring (bicyclic) bond motifs is 1. The van der Waals surface area contributed by atoms with E-state index in [0.29, 0.717) is 14.8 Å². The third-order valence-corrected chi connectivity index (χ3v) is 3.34. The lowest BCUT2D eigenvalue weighted by Crippen LogP contribution is -1.79. The summed E-state index contributed by atoms with van der Waals surface area (Å²) in [5.74, 6) is 0.111. The predicted octanol–water partition coefficient (Wildman–Crippen LogP) is 2.32. The van der Waals surface area contributed by atoms with Crippen LogP contribution in [0, 0.1) is 0 Å². The van der Waals surface area contributed by atoms with Crippen molar-refractivity contribution in [3.8, 4) is 5.75 Å². The van der Waals surface area contributed by atoms with E-state index in [9.17, 15) is 9.90 Å². The molecular formula is C7H3BrO3S.